The van der Waals surface area contributed by atoms with E-state index in [2.05, 4.69) is 33.4 Å². The summed E-state index contributed by atoms with van der Waals surface area (Å²) in [5.74, 6) is 0.621. The topological polar surface area (TPSA) is 29.1 Å². The van der Waals surface area contributed by atoms with E-state index in [1.54, 1.807) is 0 Å². The third-order valence-corrected chi connectivity index (χ3v) is 4.83. The van der Waals surface area contributed by atoms with Gasteiger partial charge in [-0.3, -0.25) is 4.79 Å². The molecule has 114 valence electrons. The number of hydrogen-bond acceptors (Lipinski definition) is 1. The van der Waals surface area contributed by atoms with Gasteiger partial charge in [0, 0.05) is 15.7 Å². The van der Waals surface area contributed by atoms with Crippen molar-refractivity contribution in [3.8, 4) is 0 Å². The van der Waals surface area contributed by atoms with Crippen LogP contribution in [0.4, 0.5) is 5.69 Å². The quantitative estimate of drug-likeness (QED) is 0.744. The molecular formula is C19H20BrNO. The summed E-state index contributed by atoms with van der Waals surface area (Å²) in [5, 5.41) is 2.96. The zero-order valence-electron chi connectivity index (χ0n) is 12.5. The summed E-state index contributed by atoms with van der Waals surface area (Å²) in [6, 6.07) is 15.8. The molecule has 0 unspecified atom stereocenters. The van der Waals surface area contributed by atoms with E-state index in [0.29, 0.717) is 11.5 Å². The van der Waals surface area contributed by atoms with Crippen molar-refractivity contribution in [3.63, 3.8) is 0 Å². The van der Waals surface area contributed by atoms with Crippen LogP contribution in [-0.4, -0.2) is 5.91 Å². The summed E-state index contributed by atoms with van der Waals surface area (Å²) in [6.07, 6.45) is 6.64. The van der Waals surface area contributed by atoms with Gasteiger partial charge >= 0.3 is 0 Å². The fraction of sp³-hybridized carbons (Fsp3) is 0.316. The standard InChI is InChI=1S/C19H20BrNO/c20-17-8-4-7-16(13-17)19(22)21-18-11-9-15(10-12-18)14-5-2-1-3-6-14/h4,7-14H,1-3,5-6H2,(H,21,22). The van der Waals surface area contributed by atoms with Gasteiger partial charge in [0.05, 0.1) is 0 Å². The highest BCUT2D eigenvalue weighted by Gasteiger charge is 2.15. The fourth-order valence-corrected chi connectivity index (χ4v) is 3.51. The number of amides is 1. The van der Waals surface area contributed by atoms with E-state index in [9.17, 15) is 4.79 Å². The Bertz CT molecular complexity index is 645. The van der Waals surface area contributed by atoms with Crippen LogP contribution in [0.3, 0.4) is 0 Å². The van der Waals surface area contributed by atoms with Crippen LogP contribution in [0, 0.1) is 0 Å². The molecule has 2 aromatic carbocycles. The molecule has 2 nitrogen and oxygen atoms in total. The SMILES string of the molecule is O=C(Nc1ccc(C2CCCCC2)cc1)c1cccc(Br)c1. The van der Waals surface area contributed by atoms with E-state index in [1.165, 1.54) is 37.7 Å². The molecule has 0 heterocycles. The third-order valence-electron chi connectivity index (χ3n) is 4.33. The molecule has 0 radical (unpaired) electrons. The minimum Gasteiger partial charge on any atom is -0.322 e. The summed E-state index contributed by atoms with van der Waals surface area (Å²) >= 11 is 3.39. The monoisotopic (exact) mass is 357 g/mol. The van der Waals surface area contributed by atoms with Crippen molar-refractivity contribution in [2.75, 3.05) is 5.32 Å². The highest BCUT2D eigenvalue weighted by Crippen LogP contribution is 2.33. The van der Waals surface area contributed by atoms with Gasteiger partial charge in [0.25, 0.3) is 5.91 Å². The van der Waals surface area contributed by atoms with Gasteiger partial charge in [0.1, 0.15) is 0 Å². The number of anilines is 1. The zero-order valence-corrected chi connectivity index (χ0v) is 14.1. The number of benzene rings is 2. The Hall–Kier alpha value is -1.61. The lowest BCUT2D eigenvalue weighted by Crippen LogP contribution is -2.12. The van der Waals surface area contributed by atoms with Crippen LogP contribution >= 0.6 is 15.9 Å². The number of nitrogens with one attached hydrogen (secondary N) is 1. The molecule has 0 bridgehead atoms. The average molecular weight is 358 g/mol. The number of halogens is 1. The molecule has 1 aliphatic rings. The van der Waals surface area contributed by atoms with Crippen LogP contribution < -0.4 is 5.32 Å². The summed E-state index contributed by atoms with van der Waals surface area (Å²) in [5.41, 5.74) is 2.91. The Kier molecular flexibility index (Phi) is 4.94. The van der Waals surface area contributed by atoms with Crippen LogP contribution in [0.1, 0.15) is 53.9 Å². The molecule has 3 rings (SSSR count). The number of hydrogen-bond donors (Lipinski definition) is 1. The Morgan fingerprint density at radius 1 is 1.00 bits per heavy atom. The molecule has 1 amide bonds. The van der Waals surface area contributed by atoms with Gasteiger partial charge in [0.2, 0.25) is 0 Å². The molecule has 1 saturated carbocycles. The van der Waals surface area contributed by atoms with Gasteiger partial charge < -0.3 is 5.32 Å². The minimum absolute atomic E-state index is 0.0771. The Balaban J connectivity index is 1.66. The Morgan fingerprint density at radius 3 is 2.41 bits per heavy atom. The number of rotatable bonds is 3. The smallest absolute Gasteiger partial charge is 0.255 e. The molecule has 0 spiro atoms. The van der Waals surface area contributed by atoms with Crippen LogP contribution in [0.2, 0.25) is 0 Å². The summed E-state index contributed by atoms with van der Waals surface area (Å²) in [7, 11) is 0. The number of carbonyl (C=O) groups is 1. The minimum atomic E-state index is -0.0771. The third kappa shape index (κ3) is 3.77. The van der Waals surface area contributed by atoms with Crippen molar-refractivity contribution in [1.29, 1.82) is 0 Å². The molecule has 1 N–H and O–H groups in total. The fourth-order valence-electron chi connectivity index (χ4n) is 3.11. The van der Waals surface area contributed by atoms with E-state index in [0.717, 1.165) is 10.2 Å². The molecule has 2 aromatic rings. The molecule has 0 atom stereocenters. The van der Waals surface area contributed by atoms with Crippen molar-refractivity contribution in [2.24, 2.45) is 0 Å². The van der Waals surface area contributed by atoms with Gasteiger partial charge in [-0.25, -0.2) is 0 Å². The normalized spacial score (nSPS) is 15.5. The van der Waals surface area contributed by atoms with Gasteiger partial charge in [-0.15, -0.1) is 0 Å². The predicted molar refractivity (Wildman–Crippen MR) is 94.4 cm³/mol. The maximum absolute atomic E-state index is 12.2. The van der Waals surface area contributed by atoms with E-state index in [1.807, 2.05) is 36.4 Å². The molecule has 22 heavy (non-hydrogen) atoms. The highest BCUT2D eigenvalue weighted by atomic mass is 79.9. The van der Waals surface area contributed by atoms with Crippen molar-refractivity contribution >= 4 is 27.5 Å². The highest BCUT2D eigenvalue weighted by molar-refractivity contribution is 9.10. The molecule has 3 heteroatoms. The van der Waals surface area contributed by atoms with E-state index in [4.69, 9.17) is 0 Å². The molecular weight excluding hydrogens is 338 g/mol. The van der Waals surface area contributed by atoms with Gasteiger partial charge in [0.15, 0.2) is 0 Å². The van der Waals surface area contributed by atoms with Crippen LogP contribution in [-0.2, 0) is 0 Å². The maximum atomic E-state index is 12.2. The molecule has 1 fully saturated rings. The van der Waals surface area contributed by atoms with Crippen LogP contribution in [0.5, 0.6) is 0 Å². The molecule has 0 saturated heterocycles. The lowest BCUT2D eigenvalue weighted by Gasteiger charge is -2.22. The second-order valence-electron chi connectivity index (χ2n) is 5.92. The zero-order chi connectivity index (χ0) is 15.4. The molecule has 0 aromatic heterocycles. The van der Waals surface area contributed by atoms with Gasteiger partial charge in [-0.05, 0) is 54.7 Å². The Labute approximate surface area is 140 Å². The van der Waals surface area contributed by atoms with E-state index >= 15 is 0 Å². The van der Waals surface area contributed by atoms with Crippen molar-refractivity contribution < 1.29 is 4.79 Å². The van der Waals surface area contributed by atoms with Crippen molar-refractivity contribution in [1.82, 2.24) is 0 Å². The van der Waals surface area contributed by atoms with Crippen LogP contribution in [0.15, 0.2) is 53.0 Å². The van der Waals surface area contributed by atoms with Crippen molar-refractivity contribution in [3.05, 3.63) is 64.1 Å². The summed E-state index contributed by atoms with van der Waals surface area (Å²) in [4.78, 5) is 12.2. The van der Waals surface area contributed by atoms with Gasteiger partial charge in [-0.1, -0.05) is 53.4 Å². The average Bonchev–Trinajstić information content (AvgIpc) is 2.56. The lowest BCUT2D eigenvalue weighted by atomic mass is 9.84. The number of carbonyl (C=O) groups excluding carboxylic acids is 1. The lowest BCUT2D eigenvalue weighted by molar-refractivity contribution is 0.102. The van der Waals surface area contributed by atoms with E-state index < -0.39 is 0 Å². The first-order chi connectivity index (χ1) is 10.7. The predicted octanol–water partition coefficient (Wildman–Crippen LogP) is 5.75. The van der Waals surface area contributed by atoms with E-state index in [-0.39, 0.29) is 5.91 Å². The van der Waals surface area contributed by atoms with Crippen LogP contribution in [0.25, 0.3) is 0 Å². The first-order valence-electron chi connectivity index (χ1n) is 7.89. The largest absolute Gasteiger partial charge is 0.322 e. The Morgan fingerprint density at radius 2 is 1.73 bits per heavy atom. The first-order valence-corrected chi connectivity index (χ1v) is 8.68. The second kappa shape index (κ2) is 7.10. The molecule has 0 aliphatic heterocycles. The summed E-state index contributed by atoms with van der Waals surface area (Å²) in [6.45, 7) is 0. The van der Waals surface area contributed by atoms with Gasteiger partial charge in [-0.2, -0.15) is 0 Å². The summed E-state index contributed by atoms with van der Waals surface area (Å²) < 4.78 is 0.910. The molecule has 1 aliphatic carbocycles. The first kappa shape index (κ1) is 15.3. The second-order valence-corrected chi connectivity index (χ2v) is 6.84. The van der Waals surface area contributed by atoms with Crippen molar-refractivity contribution in [2.45, 2.75) is 38.0 Å². The maximum Gasteiger partial charge on any atom is 0.255 e.